The zero-order chi connectivity index (χ0) is 13.0. The van der Waals surface area contributed by atoms with Gasteiger partial charge in [0.2, 0.25) is 0 Å². The Morgan fingerprint density at radius 2 is 2.50 bits per heavy atom. The Kier molecular flexibility index (Phi) is 4.09. The van der Waals surface area contributed by atoms with E-state index in [2.05, 4.69) is 10.3 Å². The van der Waals surface area contributed by atoms with Crippen LogP contribution in [0.2, 0.25) is 0 Å². The predicted molar refractivity (Wildman–Crippen MR) is 66.7 cm³/mol. The van der Waals surface area contributed by atoms with Crippen molar-refractivity contribution >= 4 is 5.69 Å². The summed E-state index contributed by atoms with van der Waals surface area (Å²) in [5, 5.41) is 14.2. The number of aryl methyl sites for hydroxylation is 1. The van der Waals surface area contributed by atoms with Gasteiger partial charge in [0.05, 0.1) is 11.5 Å². The average Bonchev–Trinajstić information content (AvgIpc) is 2.38. The first-order valence-electron chi connectivity index (χ1n) is 6.11. The van der Waals surface area contributed by atoms with Crippen LogP contribution in [0.3, 0.4) is 0 Å². The number of rotatable bonds is 4. The van der Waals surface area contributed by atoms with Crippen molar-refractivity contribution in [2.75, 3.05) is 19.7 Å². The molecule has 0 aliphatic carbocycles. The summed E-state index contributed by atoms with van der Waals surface area (Å²) in [6.45, 7) is 4.19. The molecule has 1 fully saturated rings. The fourth-order valence-electron chi connectivity index (χ4n) is 2.05. The van der Waals surface area contributed by atoms with Crippen molar-refractivity contribution in [3.8, 4) is 5.88 Å². The fourth-order valence-corrected chi connectivity index (χ4v) is 2.05. The Morgan fingerprint density at radius 3 is 3.17 bits per heavy atom. The molecule has 1 aliphatic rings. The molecular formula is C12H17N3O3. The van der Waals surface area contributed by atoms with Gasteiger partial charge in [0.15, 0.2) is 0 Å². The van der Waals surface area contributed by atoms with Gasteiger partial charge in [0, 0.05) is 24.7 Å². The topological polar surface area (TPSA) is 77.3 Å². The summed E-state index contributed by atoms with van der Waals surface area (Å²) < 4.78 is 5.50. The van der Waals surface area contributed by atoms with Crippen molar-refractivity contribution < 1.29 is 9.66 Å². The molecule has 1 aromatic rings. The van der Waals surface area contributed by atoms with Crippen molar-refractivity contribution in [3.05, 3.63) is 27.9 Å². The lowest BCUT2D eigenvalue weighted by Crippen LogP contribution is -2.33. The lowest BCUT2D eigenvalue weighted by atomic mass is 10.0. The van der Waals surface area contributed by atoms with Crippen molar-refractivity contribution in [1.29, 1.82) is 0 Å². The maximum Gasteiger partial charge on any atom is 0.331 e. The van der Waals surface area contributed by atoms with Crippen molar-refractivity contribution in [3.63, 3.8) is 0 Å². The van der Waals surface area contributed by atoms with Crippen LogP contribution in [0.4, 0.5) is 5.69 Å². The molecule has 6 heteroatoms. The molecule has 0 aromatic carbocycles. The number of piperidine rings is 1. The van der Waals surface area contributed by atoms with Crippen LogP contribution in [0.1, 0.15) is 18.4 Å². The van der Waals surface area contributed by atoms with Crippen LogP contribution in [-0.4, -0.2) is 29.6 Å². The minimum Gasteiger partial charge on any atom is -0.472 e. The molecular weight excluding hydrogens is 234 g/mol. The van der Waals surface area contributed by atoms with E-state index >= 15 is 0 Å². The Balaban J connectivity index is 2.01. The van der Waals surface area contributed by atoms with Gasteiger partial charge in [-0.05, 0) is 31.9 Å². The molecule has 1 unspecified atom stereocenters. The third-order valence-corrected chi connectivity index (χ3v) is 3.02. The van der Waals surface area contributed by atoms with E-state index in [0.29, 0.717) is 12.5 Å². The number of nitrogens with one attached hydrogen (secondary N) is 1. The highest BCUT2D eigenvalue weighted by Crippen LogP contribution is 2.25. The van der Waals surface area contributed by atoms with Crippen LogP contribution in [0.25, 0.3) is 0 Å². The number of pyridine rings is 1. The van der Waals surface area contributed by atoms with E-state index in [0.717, 1.165) is 31.5 Å². The molecule has 18 heavy (non-hydrogen) atoms. The first-order chi connectivity index (χ1) is 8.66. The maximum atomic E-state index is 10.9. The summed E-state index contributed by atoms with van der Waals surface area (Å²) in [5.41, 5.74) is 0.701. The normalized spacial score (nSPS) is 19.5. The lowest BCUT2D eigenvalue weighted by molar-refractivity contribution is -0.386. The summed E-state index contributed by atoms with van der Waals surface area (Å²) in [5.74, 6) is 0.526. The molecule has 0 bridgehead atoms. The number of aromatic nitrogens is 1. The molecule has 2 heterocycles. The van der Waals surface area contributed by atoms with Crippen molar-refractivity contribution in [1.82, 2.24) is 10.3 Å². The SMILES string of the molecule is Cc1cnc(OCC2CCCNC2)c([N+](=O)[O-])c1. The summed E-state index contributed by atoms with van der Waals surface area (Å²) in [6, 6.07) is 1.49. The van der Waals surface area contributed by atoms with E-state index < -0.39 is 4.92 Å². The van der Waals surface area contributed by atoms with Crippen LogP contribution in [-0.2, 0) is 0 Å². The fraction of sp³-hybridized carbons (Fsp3) is 0.583. The molecule has 1 saturated heterocycles. The third kappa shape index (κ3) is 3.16. The molecule has 0 saturated carbocycles. The molecule has 0 radical (unpaired) electrons. The molecule has 1 atom stereocenters. The minimum atomic E-state index is -0.450. The molecule has 0 spiro atoms. The number of hydrogen-bond acceptors (Lipinski definition) is 5. The quantitative estimate of drug-likeness (QED) is 0.650. The van der Waals surface area contributed by atoms with Gasteiger partial charge >= 0.3 is 5.69 Å². The molecule has 2 rings (SSSR count). The van der Waals surface area contributed by atoms with Gasteiger partial charge in [-0.1, -0.05) is 0 Å². The van der Waals surface area contributed by atoms with E-state index in [1.165, 1.54) is 6.07 Å². The first-order valence-corrected chi connectivity index (χ1v) is 6.11. The third-order valence-electron chi connectivity index (χ3n) is 3.02. The van der Waals surface area contributed by atoms with Crippen LogP contribution in [0.15, 0.2) is 12.3 Å². The Morgan fingerprint density at radius 1 is 1.67 bits per heavy atom. The monoisotopic (exact) mass is 251 g/mol. The number of nitrogens with zero attached hydrogens (tertiary/aromatic N) is 2. The van der Waals surface area contributed by atoms with Crippen molar-refractivity contribution in [2.45, 2.75) is 19.8 Å². The van der Waals surface area contributed by atoms with Gasteiger partial charge in [-0.2, -0.15) is 0 Å². The molecule has 1 aromatic heterocycles. The maximum absolute atomic E-state index is 10.9. The smallest absolute Gasteiger partial charge is 0.331 e. The summed E-state index contributed by atoms with van der Waals surface area (Å²) >= 11 is 0. The van der Waals surface area contributed by atoms with Crippen LogP contribution in [0.5, 0.6) is 5.88 Å². The number of ether oxygens (including phenoxy) is 1. The van der Waals surface area contributed by atoms with Crippen LogP contribution in [0, 0.1) is 23.0 Å². The first kappa shape index (κ1) is 12.8. The van der Waals surface area contributed by atoms with E-state index in [9.17, 15) is 10.1 Å². The largest absolute Gasteiger partial charge is 0.472 e. The summed E-state index contributed by atoms with van der Waals surface area (Å²) in [6.07, 6.45) is 3.80. The predicted octanol–water partition coefficient (Wildman–Crippen LogP) is 1.68. The van der Waals surface area contributed by atoms with E-state index in [-0.39, 0.29) is 11.6 Å². The van der Waals surface area contributed by atoms with Crippen molar-refractivity contribution in [2.24, 2.45) is 5.92 Å². The summed E-state index contributed by atoms with van der Waals surface area (Å²) in [7, 11) is 0. The highest BCUT2D eigenvalue weighted by Gasteiger charge is 2.19. The van der Waals surface area contributed by atoms with Gasteiger partial charge in [0.1, 0.15) is 0 Å². The Bertz CT molecular complexity index is 431. The lowest BCUT2D eigenvalue weighted by Gasteiger charge is -2.22. The van der Waals surface area contributed by atoms with E-state index in [1.54, 1.807) is 13.1 Å². The van der Waals surface area contributed by atoms with E-state index in [4.69, 9.17) is 4.74 Å². The Hall–Kier alpha value is -1.69. The van der Waals surface area contributed by atoms with Gasteiger partial charge in [-0.25, -0.2) is 4.98 Å². The molecule has 6 nitrogen and oxygen atoms in total. The molecule has 1 aliphatic heterocycles. The average molecular weight is 251 g/mol. The second-order valence-corrected chi connectivity index (χ2v) is 4.62. The molecule has 98 valence electrons. The second-order valence-electron chi connectivity index (χ2n) is 4.62. The highest BCUT2D eigenvalue weighted by molar-refractivity contribution is 5.42. The van der Waals surface area contributed by atoms with Gasteiger partial charge in [-0.15, -0.1) is 0 Å². The second kappa shape index (κ2) is 5.77. The molecule has 0 amide bonds. The van der Waals surface area contributed by atoms with Gasteiger partial charge in [0.25, 0.3) is 5.88 Å². The minimum absolute atomic E-state index is 0.0567. The number of hydrogen-bond donors (Lipinski definition) is 1. The summed E-state index contributed by atoms with van der Waals surface area (Å²) in [4.78, 5) is 14.4. The molecule has 1 N–H and O–H groups in total. The highest BCUT2D eigenvalue weighted by atomic mass is 16.6. The van der Waals surface area contributed by atoms with Crippen LogP contribution < -0.4 is 10.1 Å². The van der Waals surface area contributed by atoms with Gasteiger partial charge < -0.3 is 10.1 Å². The van der Waals surface area contributed by atoms with Crippen LogP contribution >= 0.6 is 0 Å². The van der Waals surface area contributed by atoms with Gasteiger partial charge in [-0.3, -0.25) is 10.1 Å². The zero-order valence-electron chi connectivity index (χ0n) is 10.4. The zero-order valence-corrected chi connectivity index (χ0v) is 10.4. The van der Waals surface area contributed by atoms with E-state index in [1.807, 2.05) is 0 Å². The standard InChI is InChI=1S/C12H17N3O3/c1-9-5-11(15(16)17)12(14-6-9)18-8-10-3-2-4-13-7-10/h5-6,10,13H,2-4,7-8H2,1H3. The number of nitro groups is 1. The Labute approximate surface area is 106 Å².